The summed E-state index contributed by atoms with van der Waals surface area (Å²) in [5.41, 5.74) is 4.39. The van der Waals surface area contributed by atoms with Crippen molar-refractivity contribution in [1.29, 1.82) is 5.41 Å². The highest BCUT2D eigenvalue weighted by Gasteiger charge is 2.17. The van der Waals surface area contributed by atoms with Gasteiger partial charge >= 0.3 is 0 Å². The summed E-state index contributed by atoms with van der Waals surface area (Å²) in [6.07, 6.45) is 3.02. The first-order valence-corrected chi connectivity index (χ1v) is 9.40. The molecule has 0 radical (unpaired) electrons. The van der Waals surface area contributed by atoms with Crippen LogP contribution in [0.5, 0.6) is 11.5 Å². The van der Waals surface area contributed by atoms with Crippen LogP contribution in [0.2, 0.25) is 0 Å². The Hall–Kier alpha value is -2.60. The summed E-state index contributed by atoms with van der Waals surface area (Å²) in [5.74, 6) is 1.55. The van der Waals surface area contributed by atoms with Gasteiger partial charge in [0.2, 0.25) is 0 Å². The first-order valence-electron chi connectivity index (χ1n) is 8.93. The van der Waals surface area contributed by atoms with Crippen molar-refractivity contribution < 1.29 is 9.47 Å². The number of methoxy groups -OCH3 is 2. The van der Waals surface area contributed by atoms with Gasteiger partial charge in [-0.05, 0) is 30.9 Å². The van der Waals surface area contributed by atoms with Crippen molar-refractivity contribution in [3.8, 4) is 11.5 Å². The van der Waals surface area contributed by atoms with Crippen LogP contribution in [0.15, 0.2) is 42.5 Å². The van der Waals surface area contributed by atoms with Crippen LogP contribution in [0.1, 0.15) is 24.0 Å². The third kappa shape index (κ3) is 5.44. The number of amidine groups is 1. The molecule has 2 rings (SSSR count). The first kappa shape index (κ1) is 20.7. The number of nitrogens with zero attached hydrogens (tertiary/aromatic N) is 1. The lowest BCUT2D eigenvalue weighted by atomic mass is 10.1. The van der Waals surface area contributed by atoms with E-state index in [4.69, 9.17) is 27.1 Å². The Morgan fingerprint density at radius 1 is 1.11 bits per heavy atom. The molecule has 2 aromatic carbocycles. The highest BCUT2D eigenvalue weighted by molar-refractivity contribution is 7.78. The molecule has 2 aromatic rings. The molecule has 0 saturated heterocycles. The molecule has 0 saturated carbocycles. The van der Waals surface area contributed by atoms with E-state index in [0.29, 0.717) is 23.9 Å². The van der Waals surface area contributed by atoms with Crippen molar-refractivity contribution in [1.82, 2.24) is 4.90 Å². The van der Waals surface area contributed by atoms with Crippen LogP contribution in [0, 0.1) is 5.41 Å². The third-order valence-electron chi connectivity index (χ3n) is 4.42. The minimum Gasteiger partial charge on any atom is -0.493 e. The Kier molecular flexibility index (Phi) is 8.07. The zero-order chi connectivity index (χ0) is 19.6. The average molecular weight is 386 g/mol. The van der Waals surface area contributed by atoms with Crippen molar-refractivity contribution in [3.63, 3.8) is 0 Å². The molecular weight excluding hydrogens is 358 g/mol. The minimum atomic E-state index is 0.343. The van der Waals surface area contributed by atoms with Gasteiger partial charge in [0.25, 0.3) is 0 Å². The monoisotopic (exact) mass is 385 g/mol. The second kappa shape index (κ2) is 10.5. The van der Waals surface area contributed by atoms with E-state index in [1.165, 1.54) is 5.56 Å². The number of unbranched alkanes of at least 4 members (excludes halogenated alkanes) is 1. The molecule has 0 aromatic heterocycles. The summed E-state index contributed by atoms with van der Waals surface area (Å²) in [7, 11) is 5.00. The zero-order valence-corrected chi connectivity index (χ0v) is 16.9. The molecule has 6 heteroatoms. The molecular formula is C21H27N3O2S. The fraction of sp³-hybridized carbons (Fsp3) is 0.333. The van der Waals surface area contributed by atoms with Gasteiger partial charge < -0.3 is 19.7 Å². The number of benzene rings is 2. The number of aryl methyl sites for hydroxylation is 1. The van der Waals surface area contributed by atoms with Crippen molar-refractivity contribution in [3.05, 3.63) is 53.6 Å². The zero-order valence-electron chi connectivity index (χ0n) is 16.1. The number of rotatable bonds is 10. The molecule has 0 bridgehead atoms. The van der Waals surface area contributed by atoms with Gasteiger partial charge in [0, 0.05) is 30.9 Å². The van der Waals surface area contributed by atoms with Crippen LogP contribution in [-0.4, -0.2) is 44.0 Å². The van der Waals surface area contributed by atoms with E-state index in [2.05, 4.69) is 29.6 Å². The molecule has 144 valence electrons. The van der Waals surface area contributed by atoms with Crippen molar-refractivity contribution >= 4 is 29.2 Å². The summed E-state index contributed by atoms with van der Waals surface area (Å²) < 4.78 is 10.7. The lowest BCUT2D eigenvalue weighted by molar-refractivity contribution is 0.355. The van der Waals surface area contributed by atoms with E-state index >= 15 is 0 Å². The standard InChI is InChI=1S/C21H27N3O2S/c1-23-18-14-20(26-3)19(25-2)13-17(18)21(22)24(15-27)12-8-7-11-16-9-5-4-6-10-16/h4-6,9-10,13-15,22-23H,7-8,11-12H2,1-3H3. The van der Waals surface area contributed by atoms with E-state index in [9.17, 15) is 0 Å². The van der Waals surface area contributed by atoms with E-state index < -0.39 is 0 Å². The topological polar surface area (TPSA) is 57.6 Å². The molecule has 5 nitrogen and oxygen atoms in total. The number of thiocarbonyl (C=S) groups is 1. The van der Waals surface area contributed by atoms with Crippen LogP contribution in [0.3, 0.4) is 0 Å². The summed E-state index contributed by atoms with van der Waals surface area (Å²) in [5, 5.41) is 11.7. The number of nitrogens with one attached hydrogen (secondary N) is 2. The van der Waals surface area contributed by atoms with Gasteiger partial charge in [-0.25, -0.2) is 0 Å². The second-order valence-electron chi connectivity index (χ2n) is 6.09. The maximum absolute atomic E-state index is 8.62. The molecule has 0 unspecified atom stereocenters. The minimum absolute atomic E-state index is 0.343. The average Bonchev–Trinajstić information content (AvgIpc) is 2.73. The lowest BCUT2D eigenvalue weighted by Gasteiger charge is -2.23. The second-order valence-corrected chi connectivity index (χ2v) is 6.30. The van der Waals surface area contributed by atoms with Crippen molar-refractivity contribution in [2.45, 2.75) is 19.3 Å². The SMILES string of the molecule is CNc1cc(OC)c(OC)cc1C(=N)N(C=S)CCCCc1ccccc1. The van der Waals surface area contributed by atoms with Gasteiger partial charge in [-0.2, -0.15) is 0 Å². The Morgan fingerprint density at radius 2 is 1.78 bits per heavy atom. The largest absolute Gasteiger partial charge is 0.493 e. The quantitative estimate of drug-likeness (QED) is 0.276. The molecule has 0 aliphatic carbocycles. The van der Waals surface area contributed by atoms with E-state index in [1.807, 2.05) is 25.2 Å². The van der Waals surface area contributed by atoms with Gasteiger partial charge in [-0.3, -0.25) is 5.41 Å². The van der Waals surface area contributed by atoms with Gasteiger partial charge in [-0.1, -0.05) is 42.5 Å². The molecule has 0 atom stereocenters. The van der Waals surface area contributed by atoms with Gasteiger partial charge in [0.05, 0.1) is 19.7 Å². The Bertz CT molecular complexity index is 766. The Morgan fingerprint density at radius 3 is 2.37 bits per heavy atom. The number of anilines is 1. The molecule has 0 amide bonds. The highest BCUT2D eigenvalue weighted by Crippen LogP contribution is 2.33. The third-order valence-corrected chi connectivity index (χ3v) is 4.67. The fourth-order valence-electron chi connectivity index (χ4n) is 2.91. The predicted molar refractivity (Wildman–Crippen MR) is 116 cm³/mol. The van der Waals surface area contributed by atoms with Crippen molar-refractivity contribution in [2.75, 3.05) is 33.1 Å². The summed E-state index contributed by atoms with van der Waals surface area (Å²) >= 11 is 5.17. The molecule has 0 spiro atoms. The number of hydrogen-bond acceptors (Lipinski definition) is 5. The smallest absolute Gasteiger partial charge is 0.162 e. The van der Waals surface area contributed by atoms with E-state index in [1.54, 1.807) is 24.6 Å². The molecule has 0 aliphatic heterocycles. The van der Waals surface area contributed by atoms with Gasteiger partial charge in [0.15, 0.2) is 11.5 Å². The van der Waals surface area contributed by atoms with Gasteiger partial charge in [-0.15, -0.1) is 0 Å². The maximum Gasteiger partial charge on any atom is 0.162 e. The molecule has 0 fully saturated rings. The number of ether oxygens (including phenoxy) is 2. The van der Waals surface area contributed by atoms with E-state index in [0.717, 1.165) is 30.5 Å². The summed E-state index contributed by atoms with van der Waals surface area (Å²) in [6.45, 7) is 0.701. The number of hydrogen-bond donors (Lipinski definition) is 2. The van der Waals surface area contributed by atoms with Crippen LogP contribution in [0.4, 0.5) is 5.69 Å². The predicted octanol–water partition coefficient (Wildman–Crippen LogP) is 4.35. The van der Waals surface area contributed by atoms with Crippen LogP contribution >= 0.6 is 12.2 Å². The van der Waals surface area contributed by atoms with Crippen LogP contribution in [0.25, 0.3) is 0 Å². The molecule has 2 N–H and O–H groups in total. The molecule has 27 heavy (non-hydrogen) atoms. The molecule has 0 heterocycles. The summed E-state index contributed by atoms with van der Waals surface area (Å²) in [6, 6.07) is 14.1. The van der Waals surface area contributed by atoms with Crippen molar-refractivity contribution in [2.24, 2.45) is 0 Å². The Balaban J connectivity index is 2.06. The van der Waals surface area contributed by atoms with Gasteiger partial charge in [0.1, 0.15) is 5.84 Å². The lowest BCUT2D eigenvalue weighted by Crippen LogP contribution is -2.30. The normalized spacial score (nSPS) is 10.2. The van der Waals surface area contributed by atoms with Crippen LogP contribution in [-0.2, 0) is 6.42 Å². The maximum atomic E-state index is 8.62. The summed E-state index contributed by atoms with van der Waals surface area (Å²) in [4.78, 5) is 1.79. The van der Waals surface area contributed by atoms with E-state index in [-0.39, 0.29) is 0 Å². The molecule has 0 aliphatic rings. The fourth-order valence-corrected chi connectivity index (χ4v) is 3.12. The van der Waals surface area contributed by atoms with Crippen LogP contribution < -0.4 is 14.8 Å². The highest BCUT2D eigenvalue weighted by atomic mass is 32.1. The first-order chi connectivity index (χ1) is 13.1. The Labute approximate surface area is 166 Å².